The normalized spacial score (nSPS) is 12.0. The van der Waals surface area contributed by atoms with Crippen LogP contribution in [0.4, 0.5) is 13.2 Å². The molecule has 0 aliphatic carbocycles. The number of hydrogen-bond donors (Lipinski definition) is 1. The molecule has 5 nitrogen and oxygen atoms in total. The van der Waals surface area contributed by atoms with Gasteiger partial charge in [-0.2, -0.15) is 13.2 Å². The van der Waals surface area contributed by atoms with Gasteiger partial charge in [0.05, 0.1) is 28.1 Å². The lowest BCUT2D eigenvalue weighted by molar-refractivity contribution is -0.137. The number of rotatable bonds is 8. The van der Waals surface area contributed by atoms with Gasteiger partial charge in [-0.3, -0.25) is 9.78 Å². The molecule has 0 aliphatic rings. The summed E-state index contributed by atoms with van der Waals surface area (Å²) >= 11 is 0. The molecule has 5 rings (SSSR count). The van der Waals surface area contributed by atoms with Crippen molar-refractivity contribution in [3.05, 3.63) is 131 Å². The molecule has 41 heavy (non-hydrogen) atoms. The van der Waals surface area contributed by atoms with Crippen molar-refractivity contribution >= 4 is 26.7 Å². The Morgan fingerprint density at radius 3 is 2.17 bits per heavy atom. The molecule has 0 unspecified atom stereocenters. The maximum absolute atomic E-state index is 13.9. The molecule has 1 heterocycles. The summed E-state index contributed by atoms with van der Waals surface area (Å²) in [6.45, 7) is 0. The Bertz CT molecular complexity index is 1840. The Morgan fingerprint density at radius 2 is 1.49 bits per heavy atom. The minimum atomic E-state index is -4.62. The molecular weight excluding hydrogens is 551 g/mol. The first-order valence-electron chi connectivity index (χ1n) is 12.7. The van der Waals surface area contributed by atoms with Crippen LogP contribution >= 0.6 is 0 Å². The molecule has 9 heteroatoms. The van der Waals surface area contributed by atoms with E-state index in [2.05, 4.69) is 4.98 Å². The highest BCUT2D eigenvalue weighted by molar-refractivity contribution is 7.90. The maximum Gasteiger partial charge on any atom is 0.418 e. The van der Waals surface area contributed by atoms with Crippen LogP contribution < -0.4 is 0 Å². The zero-order valence-electron chi connectivity index (χ0n) is 21.6. The van der Waals surface area contributed by atoms with Crippen LogP contribution in [0.15, 0.2) is 108 Å². The Labute approximate surface area is 234 Å². The molecule has 0 amide bonds. The number of carbonyl (C=O) groups is 1. The molecular formula is C32H24F3NO4S. The number of alkyl halides is 3. The summed E-state index contributed by atoms with van der Waals surface area (Å²) in [6, 6.07) is 25.8. The zero-order valence-corrected chi connectivity index (χ0v) is 22.4. The first-order chi connectivity index (χ1) is 19.5. The van der Waals surface area contributed by atoms with Crippen molar-refractivity contribution in [2.24, 2.45) is 0 Å². The van der Waals surface area contributed by atoms with E-state index in [0.29, 0.717) is 34.2 Å². The van der Waals surface area contributed by atoms with Crippen molar-refractivity contribution < 1.29 is 31.5 Å². The lowest BCUT2D eigenvalue weighted by Gasteiger charge is -2.17. The topological polar surface area (TPSA) is 84.3 Å². The van der Waals surface area contributed by atoms with Gasteiger partial charge in [-0.15, -0.1) is 0 Å². The number of pyridine rings is 1. The molecule has 0 bridgehead atoms. The highest BCUT2D eigenvalue weighted by Crippen LogP contribution is 2.39. The van der Waals surface area contributed by atoms with E-state index in [4.69, 9.17) is 5.11 Å². The first-order valence-corrected chi connectivity index (χ1v) is 14.3. The quantitative estimate of drug-likeness (QED) is 0.213. The minimum absolute atomic E-state index is 0.0206. The van der Waals surface area contributed by atoms with Crippen LogP contribution in [0.25, 0.3) is 22.0 Å². The fourth-order valence-corrected chi connectivity index (χ4v) is 6.25. The van der Waals surface area contributed by atoms with Gasteiger partial charge in [0.25, 0.3) is 0 Å². The number of carboxylic acid groups (broad SMARTS) is 1. The molecule has 0 spiro atoms. The molecule has 0 saturated carbocycles. The highest BCUT2D eigenvalue weighted by atomic mass is 32.2. The van der Waals surface area contributed by atoms with Gasteiger partial charge in [0.15, 0.2) is 9.84 Å². The van der Waals surface area contributed by atoms with Crippen LogP contribution in [0.3, 0.4) is 0 Å². The van der Waals surface area contributed by atoms with Crippen molar-refractivity contribution in [2.75, 3.05) is 0 Å². The van der Waals surface area contributed by atoms with E-state index in [0.717, 1.165) is 11.6 Å². The van der Waals surface area contributed by atoms with E-state index in [1.807, 2.05) is 30.3 Å². The lowest BCUT2D eigenvalue weighted by atomic mass is 9.92. The van der Waals surface area contributed by atoms with E-state index in [1.165, 1.54) is 24.4 Å². The molecule has 0 radical (unpaired) electrons. The summed E-state index contributed by atoms with van der Waals surface area (Å²) < 4.78 is 68.4. The number of benzene rings is 4. The van der Waals surface area contributed by atoms with Gasteiger partial charge >= 0.3 is 12.1 Å². The SMILES string of the molecule is O=C(O)Cc1ccc(CS(=O)(=O)c2cccc(-c3c(Cc4ccccc4)cnc4c(C(F)(F)F)cccc34)c2)cc1. The average Bonchev–Trinajstić information content (AvgIpc) is 2.93. The van der Waals surface area contributed by atoms with E-state index in [-0.39, 0.29) is 28.0 Å². The third-order valence-electron chi connectivity index (χ3n) is 6.74. The van der Waals surface area contributed by atoms with Gasteiger partial charge in [-0.25, -0.2) is 8.42 Å². The predicted molar refractivity (Wildman–Crippen MR) is 150 cm³/mol. The smallest absolute Gasteiger partial charge is 0.418 e. The Hall–Kier alpha value is -4.50. The van der Waals surface area contributed by atoms with Crippen molar-refractivity contribution in [1.82, 2.24) is 4.98 Å². The van der Waals surface area contributed by atoms with Gasteiger partial charge in [-0.05, 0) is 58.0 Å². The summed E-state index contributed by atoms with van der Waals surface area (Å²) in [5, 5.41) is 9.23. The highest BCUT2D eigenvalue weighted by Gasteiger charge is 2.33. The monoisotopic (exact) mass is 575 g/mol. The average molecular weight is 576 g/mol. The van der Waals surface area contributed by atoms with Crippen LogP contribution in [-0.4, -0.2) is 24.5 Å². The second kappa shape index (κ2) is 11.2. The van der Waals surface area contributed by atoms with E-state index < -0.39 is 27.5 Å². The van der Waals surface area contributed by atoms with Gasteiger partial charge in [0.2, 0.25) is 0 Å². The molecule has 208 valence electrons. The molecule has 0 fully saturated rings. The summed E-state index contributed by atoms with van der Waals surface area (Å²) in [5.74, 6) is -1.31. The molecule has 0 aliphatic heterocycles. The fourth-order valence-electron chi connectivity index (χ4n) is 4.86. The van der Waals surface area contributed by atoms with Crippen molar-refractivity contribution in [3.8, 4) is 11.1 Å². The number of aromatic nitrogens is 1. The van der Waals surface area contributed by atoms with Gasteiger partial charge in [0.1, 0.15) is 0 Å². The van der Waals surface area contributed by atoms with Crippen molar-refractivity contribution in [2.45, 2.75) is 29.7 Å². The molecule has 1 N–H and O–H groups in total. The van der Waals surface area contributed by atoms with Gasteiger partial charge in [0, 0.05) is 11.6 Å². The van der Waals surface area contributed by atoms with Crippen LogP contribution in [-0.2, 0) is 39.4 Å². The van der Waals surface area contributed by atoms with Crippen molar-refractivity contribution in [3.63, 3.8) is 0 Å². The Morgan fingerprint density at radius 1 is 0.805 bits per heavy atom. The lowest BCUT2D eigenvalue weighted by Crippen LogP contribution is -2.08. The third-order valence-corrected chi connectivity index (χ3v) is 8.42. The fraction of sp³-hybridized carbons (Fsp3) is 0.125. The standard InChI is InChI=1S/C32H24F3NO4S/c33-32(34,35)28-11-5-10-27-30(25(19-36-31(27)28)16-21-6-2-1-3-7-21)24-8-4-9-26(18-24)41(39,40)20-23-14-12-22(13-15-23)17-29(37)38/h1-15,18-19H,16-17,20H2,(H,37,38). The van der Waals surface area contributed by atoms with Crippen LogP contribution in [0.2, 0.25) is 0 Å². The third kappa shape index (κ3) is 6.30. The van der Waals surface area contributed by atoms with E-state index in [9.17, 15) is 26.4 Å². The van der Waals surface area contributed by atoms with Crippen LogP contribution in [0.1, 0.15) is 27.8 Å². The van der Waals surface area contributed by atoms with Crippen LogP contribution in [0, 0.1) is 0 Å². The number of aliphatic carboxylic acids is 1. The molecule has 0 saturated heterocycles. The summed E-state index contributed by atoms with van der Waals surface area (Å²) in [5.41, 5.74) is 2.50. The summed E-state index contributed by atoms with van der Waals surface area (Å²) in [4.78, 5) is 15.2. The summed E-state index contributed by atoms with van der Waals surface area (Å²) in [7, 11) is -3.85. The largest absolute Gasteiger partial charge is 0.481 e. The van der Waals surface area contributed by atoms with E-state index in [1.54, 1.807) is 42.5 Å². The second-order valence-corrected chi connectivity index (χ2v) is 11.7. The first kappa shape index (κ1) is 28.0. The molecule has 0 atom stereocenters. The summed E-state index contributed by atoms with van der Waals surface area (Å²) in [6.07, 6.45) is -2.97. The number of sulfone groups is 1. The number of para-hydroxylation sites is 1. The molecule has 5 aromatic rings. The number of carboxylic acids is 1. The maximum atomic E-state index is 13.9. The number of fused-ring (bicyclic) bond motifs is 1. The number of halogens is 3. The Kier molecular flexibility index (Phi) is 7.64. The van der Waals surface area contributed by atoms with Gasteiger partial charge < -0.3 is 5.11 Å². The predicted octanol–water partition coefficient (Wildman–Crippen LogP) is 7.11. The second-order valence-electron chi connectivity index (χ2n) is 9.69. The molecule has 4 aromatic carbocycles. The minimum Gasteiger partial charge on any atom is -0.481 e. The Balaban J connectivity index is 1.60. The molecule has 1 aromatic heterocycles. The van der Waals surface area contributed by atoms with E-state index >= 15 is 0 Å². The van der Waals surface area contributed by atoms with Crippen molar-refractivity contribution in [1.29, 1.82) is 0 Å². The van der Waals surface area contributed by atoms with Crippen LogP contribution in [0.5, 0.6) is 0 Å². The number of nitrogens with zero attached hydrogens (tertiary/aromatic N) is 1. The zero-order chi connectivity index (χ0) is 29.2. The van der Waals surface area contributed by atoms with Gasteiger partial charge in [-0.1, -0.05) is 78.9 Å². The number of hydrogen-bond acceptors (Lipinski definition) is 4.